The molecule has 1 aromatic carbocycles. The van der Waals surface area contributed by atoms with Crippen molar-refractivity contribution in [2.45, 2.75) is 6.54 Å². The normalized spacial score (nSPS) is 18.6. The topological polar surface area (TPSA) is 42.9 Å². The lowest BCUT2D eigenvalue weighted by atomic mass is 10.2. The minimum atomic E-state index is -0.204. The standard InChI is InChI=1S/C22H28FN5OS/c1-2-7-25-8-14-28(15-9-25)22(29)20-17-30-21(24-20)16-26-10-12-27(13-11-26)19-5-3-18(23)4-6-19/h2-6,17H,1,7-16H2. The summed E-state index contributed by atoms with van der Waals surface area (Å²) in [5.41, 5.74) is 1.63. The molecule has 3 heterocycles. The Bertz CT molecular complexity index is 855. The van der Waals surface area contributed by atoms with Crippen molar-refractivity contribution in [2.24, 2.45) is 0 Å². The highest BCUT2D eigenvalue weighted by Crippen LogP contribution is 2.19. The van der Waals surface area contributed by atoms with Crippen molar-refractivity contribution in [3.63, 3.8) is 0 Å². The zero-order valence-electron chi connectivity index (χ0n) is 17.2. The van der Waals surface area contributed by atoms with Gasteiger partial charge in [-0.05, 0) is 24.3 Å². The molecule has 1 aromatic heterocycles. The fourth-order valence-electron chi connectivity index (χ4n) is 3.97. The fraction of sp³-hybridized carbons (Fsp3) is 0.455. The van der Waals surface area contributed by atoms with E-state index in [0.717, 1.165) is 76.1 Å². The van der Waals surface area contributed by atoms with Gasteiger partial charge in [0.05, 0.1) is 6.54 Å². The third kappa shape index (κ3) is 5.06. The summed E-state index contributed by atoms with van der Waals surface area (Å²) in [6, 6.07) is 6.69. The Morgan fingerprint density at radius 3 is 2.37 bits per heavy atom. The maximum absolute atomic E-state index is 13.1. The lowest BCUT2D eigenvalue weighted by Gasteiger charge is -2.35. The molecule has 2 fully saturated rings. The van der Waals surface area contributed by atoms with E-state index < -0.39 is 0 Å². The summed E-state index contributed by atoms with van der Waals surface area (Å²) in [7, 11) is 0. The summed E-state index contributed by atoms with van der Waals surface area (Å²) < 4.78 is 13.1. The molecule has 0 radical (unpaired) electrons. The molecule has 2 aliphatic rings. The Kier molecular flexibility index (Phi) is 6.76. The van der Waals surface area contributed by atoms with Crippen LogP contribution in [0.2, 0.25) is 0 Å². The number of hydrogen-bond donors (Lipinski definition) is 0. The van der Waals surface area contributed by atoms with E-state index in [4.69, 9.17) is 0 Å². The number of nitrogens with zero attached hydrogens (tertiary/aromatic N) is 5. The molecule has 0 saturated carbocycles. The van der Waals surface area contributed by atoms with Crippen LogP contribution < -0.4 is 4.90 Å². The van der Waals surface area contributed by atoms with Crippen LogP contribution >= 0.6 is 11.3 Å². The van der Waals surface area contributed by atoms with E-state index in [2.05, 4.69) is 26.3 Å². The number of anilines is 1. The fourth-order valence-corrected chi connectivity index (χ4v) is 4.78. The van der Waals surface area contributed by atoms with Gasteiger partial charge in [0.2, 0.25) is 0 Å². The number of carbonyl (C=O) groups is 1. The van der Waals surface area contributed by atoms with Crippen LogP contribution in [0.15, 0.2) is 42.3 Å². The van der Waals surface area contributed by atoms with E-state index in [1.165, 1.54) is 12.1 Å². The summed E-state index contributed by atoms with van der Waals surface area (Å²) in [4.78, 5) is 26.2. The number of carbonyl (C=O) groups excluding carboxylic acids is 1. The largest absolute Gasteiger partial charge is 0.369 e. The first kappa shape index (κ1) is 21.0. The van der Waals surface area contributed by atoms with E-state index in [9.17, 15) is 9.18 Å². The molecule has 4 rings (SSSR count). The van der Waals surface area contributed by atoms with E-state index in [1.54, 1.807) is 11.3 Å². The lowest BCUT2D eigenvalue weighted by molar-refractivity contribution is 0.0645. The number of aromatic nitrogens is 1. The molecule has 0 unspecified atom stereocenters. The first-order valence-electron chi connectivity index (χ1n) is 10.4. The van der Waals surface area contributed by atoms with Gasteiger partial charge in [-0.25, -0.2) is 9.37 Å². The summed E-state index contributed by atoms with van der Waals surface area (Å²) in [5, 5.41) is 2.88. The van der Waals surface area contributed by atoms with Crippen molar-refractivity contribution < 1.29 is 9.18 Å². The second-order valence-electron chi connectivity index (χ2n) is 7.75. The number of thiazole rings is 1. The predicted octanol–water partition coefficient (Wildman–Crippen LogP) is 2.55. The van der Waals surface area contributed by atoms with E-state index in [-0.39, 0.29) is 11.7 Å². The highest BCUT2D eigenvalue weighted by atomic mass is 32.1. The molecule has 2 aliphatic heterocycles. The number of rotatable bonds is 6. The second-order valence-corrected chi connectivity index (χ2v) is 8.69. The molecule has 30 heavy (non-hydrogen) atoms. The Morgan fingerprint density at radius 2 is 1.70 bits per heavy atom. The first-order valence-corrected chi connectivity index (χ1v) is 11.3. The average molecular weight is 430 g/mol. The number of benzene rings is 1. The van der Waals surface area contributed by atoms with Crippen LogP contribution in [0.25, 0.3) is 0 Å². The summed E-state index contributed by atoms with van der Waals surface area (Å²) in [5.74, 6) is -0.165. The molecule has 8 heteroatoms. The maximum atomic E-state index is 13.1. The van der Waals surface area contributed by atoms with E-state index in [1.807, 2.05) is 28.5 Å². The minimum absolute atomic E-state index is 0.0388. The summed E-state index contributed by atoms with van der Waals surface area (Å²) in [6.45, 7) is 12.3. The summed E-state index contributed by atoms with van der Waals surface area (Å²) >= 11 is 1.56. The molecule has 160 valence electrons. The van der Waals surface area contributed by atoms with Gasteiger partial charge < -0.3 is 9.80 Å². The zero-order chi connectivity index (χ0) is 20.9. The van der Waals surface area contributed by atoms with Gasteiger partial charge in [0.25, 0.3) is 5.91 Å². The number of halogens is 1. The third-order valence-electron chi connectivity index (χ3n) is 5.74. The highest BCUT2D eigenvalue weighted by molar-refractivity contribution is 7.09. The Balaban J connectivity index is 1.26. The number of hydrogen-bond acceptors (Lipinski definition) is 6. The highest BCUT2D eigenvalue weighted by Gasteiger charge is 2.24. The quantitative estimate of drug-likeness (QED) is 0.661. The second kappa shape index (κ2) is 9.68. The lowest BCUT2D eigenvalue weighted by Crippen LogP contribution is -2.48. The van der Waals surface area contributed by atoms with E-state index in [0.29, 0.717) is 5.69 Å². The van der Waals surface area contributed by atoms with Crippen molar-refractivity contribution in [3.05, 3.63) is 58.8 Å². The molecule has 6 nitrogen and oxygen atoms in total. The molecule has 0 atom stereocenters. The molecule has 2 saturated heterocycles. The van der Waals surface area contributed by atoms with Gasteiger partial charge in [-0.3, -0.25) is 14.6 Å². The van der Waals surface area contributed by atoms with Crippen molar-refractivity contribution in [3.8, 4) is 0 Å². The zero-order valence-corrected chi connectivity index (χ0v) is 18.0. The number of piperazine rings is 2. The molecular weight excluding hydrogens is 401 g/mol. The van der Waals surface area contributed by atoms with Gasteiger partial charge in [-0.15, -0.1) is 17.9 Å². The van der Waals surface area contributed by atoms with Gasteiger partial charge >= 0.3 is 0 Å². The Labute approximate surface area is 181 Å². The van der Waals surface area contributed by atoms with Gasteiger partial charge in [-0.1, -0.05) is 6.08 Å². The molecule has 1 amide bonds. The van der Waals surface area contributed by atoms with Gasteiger partial charge in [0.1, 0.15) is 16.5 Å². The summed E-state index contributed by atoms with van der Waals surface area (Å²) in [6.07, 6.45) is 1.91. The SMILES string of the molecule is C=CCN1CCN(C(=O)c2csc(CN3CCN(c4ccc(F)cc4)CC3)n2)CC1. The van der Waals surface area contributed by atoms with Crippen molar-refractivity contribution in [1.29, 1.82) is 0 Å². The van der Waals surface area contributed by atoms with Gasteiger partial charge in [-0.2, -0.15) is 0 Å². The van der Waals surface area contributed by atoms with Gasteiger partial charge in [0.15, 0.2) is 0 Å². The monoisotopic (exact) mass is 429 g/mol. The molecular formula is C22H28FN5OS. The Morgan fingerprint density at radius 1 is 1.03 bits per heavy atom. The van der Waals surface area contributed by atoms with E-state index >= 15 is 0 Å². The van der Waals surface area contributed by atoms with Gasteiger partial charge in [0, 0.05) is 70.0 Å². The van der Waals surface area contributed by atoms with Crippen LogP contribution in [0, 0.1) is 5.82 Å². The average Bonchev–Trinajstić information content (AvgIpc) is 3.24. The first-order chi connectivity index (χ1) is 14.6. The third-order valence-corrected chi connectivity index (χ3v) is 6.57. The molecule has 0 aliphatic carbocycles. The predicted molar refractivity (Wildman–Crippen MR) is 119 cm³/mol. The maximum Gasteiger partial charge on any atom is 0.273 e. The molecule has 2 aromatic rings. The van der Waals surface area contributed by atoms with Crippen molar-refractivity contribution in [1.82, 2.24) is 19.7 Å². The molecule has 0 bridgehead atoms. The van der Waals surface area contributed by atoms with Crippen molar-refractivity contribution in [2.75, 3.05) is 63.8 Å². The van der Waals surface area contributed by atoms with Crippen LogP contribution in [0.1, 0.15) is 15.5 Å². The molecule has 0 N–H and O–H groups in total. The van der Waals surface area contributed by atoms with Crippen LogP contribution in [0.4, 0.5) is 10.1 Å². The minimum Gasteiger partial charge on any atom is -0.369 e. The smallest absolute Gasteiger partial charge is 0.273 e. The number of amides is 1. The Hall–Kier alpha value is -2.29. The van der Waals surface area contributed by atoms with Crippen LogP contribution in [-0.4, -0.2) is 84.5 Å². The van der Waals surface area contributed by atoms with Crippen LogP contribution in [0.5, 0.6) is 0 Å². The van der Waals surface area contributed by atoms with Crippen LogP contribution in [0.3, 0.4) is 0 Å². The van der Waals surface area contributed by atoms with Crippen LogP contribution in [-0.2, 0) is 6.54 Å². The molecule has 0 spiro atoms. The van der Waals surface area contributed by atoms with Crippen molar-refractivity contribution >= 4 is 22.9 Å².